The molecule has 0 rings (SSSR count). The fourth-order valence-corrected chi connectivity index (χ4v) is 1.11. The van der Waals surface area contributed by atoms with Gasteiger partial charge in [0.1, 0.15) is 24.9 Å². The van der Waals surface area contributed by atoms with Gasteiger partial charge in [-0.15, -0.1) is 0 Å². The predicted octanol–water partition coefficient (Wildman–Crippen LogP) is -3.20. The van der Waals surface area contributed by atoms with Crippen molar-refractivity contribution in [3.8, 4) is 0 Å². The molecule has 0 radical (unpaired) electrons. The lowest BCUT2D eigenvalue weighted by Gasteiger charge is -2.21. The molecule has 0 aliphatic heterocycles. The molecule has 0 aromatic rings. The Morgan fingerprint density at radius 3 is 2.06 bits per heavy atom. The van der Waals surface area contributed by atoms with E-state index in [0.717, 1.165) is 0 Å². The molecule has 4 atom stereocenters. The summed E-state index contributed by atoms with van der Waals surface area (Å²) in [7, 11) is -4.81. The SMILES string of the molecule is O=C(CO)[C@@H](O)[C@H](O)[C@H](O)COP(=O)(O)O.P. The third-order valence-corrected chi connectivity index (χ3v) is 2.10. The number of ketones is 1. The van der Waals surface area contributed by atoms with E-state index < -0.39 is 45.1 Å². The van der Waals surface area contributed by atoms with Crippen LogP contribution in [0.4, 0.5) is 0 Å². The summed E-state index contributed by atoms with van der Waals surface area (Å²) in [6, 6.07) is 0. The highest BCUT2D eigenvalue weighted by atomic mass is 31.2. The first-order valence-corrected chi connectivity index (χ1v) is 5.60. The molecule has 0 bridgehead atoms. The second-order valence-electron chi connectivity index (χ2n) is 2.91. The Balaban J connectivity index is 0. The zero-order valence-corrected chi connectivity index (χ0v) is 11.0. The minimum absolute atomic E-state index is 0. The number of phosphoric ester groups is 1. The first-order chi connectivity index (χ1) is 7.19. The van der Waals surface area contributed by atoms with Gasteiger partial charge in [-0.1, -0.05) is 0 Å². The van der Waals surface area contributed by atoms with E-state index in [9.17, 15) is 9.36 Å². The third kappa shape index (κ3) is 7.88. The number of aliphatic hydroxyl groups excluding tert-OH is 4. The van der Waals surface area contributed by atoms with Crippen molar-refractivity contribution in [2.75, 3.05) is 13.2 Å². The average Bonchev–Trinajstić information content (AvgIpc) is 2.21. The zero-order valence-electron chi connectivity index (χ0n) is 8.71. The summed E-state index contributed by atoms with van der Waals surface area (Å²) in [5, 5.41) is 35.6. The molecular weight excluding hydrogens is 278 g/mol. The van der Waals surface area contributed by atoms with Gasteiger partial charge in [0.25, 0.3) is 0 Å². The van der Waals surface area contributed by atoms with Crippen LogP contribution in [0.15, 0.2) is 0 Å². The van der Waals surface area contributed by atoms with Crippen molar-refractivity contribution in [3.63, 3.8) is 0 Å². The quantitative estimate of drug-likeness (QED) is 0.265. The molecule has 6 N–H and O–H groups in total. The van der Waals surface area contributed by atoms with Crippen molar-refractivity contribution in [3.05, 3.63) is 0 Å². The van der Waals surface area contributed by atoms with Crippen LogP contribution < -0.4 is 0 Å². The fourth-order valence-electron chi connectivity index (χ4n) is 0.766. The highest BCUT2D eigenvalue weighted by molar-refractivity contribution is 7.46. The Morgan fingerprint density at radius 2 is 1.71 bits per heavy atom. The van der Waals surface area contributed by atoms with Gasteiger partial charge in [-0.05, 0) is 0 Å². The van der Waals surface area contributed by atoms with Gasteiger partial charge in [0.15, 0.2) is 5.78 Å². The zero-order chi connectivity index (χ0) is 12.9. The average molecular weight is 294 g/mol. The van der Waals surface area contributed by atoms with E-state index in [-0.39, 0.29) is 9.90 Å². The predicted molar refractivity (Wildman–Crippen MR) is 59.2 cm³/mol. The first-order valence-electron chi connectivity index (χ1n) is 4.07. The van der Waals surface area contributed by atoms with E-state index in [4.69, 9.17) is 30.2 Å². The minimum Gasteiger partial charge on any atom is -0.388 e. The van der Waals surface area contributed by atoms with Crippen LogP contribution in [-0.2, 0) is 13.9 Å². The molecule has 0 saturated heterocycles. The second kappa shape index (κ2) is 8.20. The van der Waals surface area contributed by atoms with Gasteiger partial charge in [-0.2, -0.15) is 9.90 Å². The minimum atomic E-state index is -4.81. The summed E-state index contributed by atoms with van der Waals surface area (Å²) in [6.07, 6.45) is -5.94. The molecule has 11 heteroatoms. The van der Waals surface area contributed by atoms with Crippen LogP contribution in [0.25, 0.3) is 0 Å². The van der Waals surface area contributed by atoms with Crippen molar-refractivity contribution in [1.29, 1.82) is 0 Å². The van der Waals surface area contributed by atoms with E-state index in [1.54, 1.807) is 0 Å². The van der Waals surface area contributed by atoms with Crippen molar-refractivity contribution in [2.45, 2.75) is 18.3 Å². The van der Waals surface area contributed by atoms with Crippen LogP contribution in [0.2, 0.25) is 0 Å². The number of Topliss-reactive ketones (excluding diaryl/α,β-unsaturated/α-hetero) is 1. The van der Waals surface area contributed by atoms with Crippen molar-refractivity contribution >= 4 is 23.5 Å². The van der Waals surface area contributed by atoms with Gasteiger partial charge in [0, 0.05) is 0 Å². The molecule has 0 aromatic carbocycles. The molecule has 17 heavy (non-hydrogen) atoms. The van der Waals surface area contributed by atoms with E-state index in [1.807, 2.05) is 0 Å². The lowest BCUT2D eigenvalue weighted by Crippen LogP contribution is -2.45. The molecule has 0 saturated carbocycles. The fraction of sp³-hybridized carbons (Fsp3) is 0.833. The second-order valence-corrected chi connectivity index (χ2v) is 4.15. The summed E-state index contributed by atoms with van der Waals surface area (Å²) in [5.41, 5.74) is 0. The normalized spacial score (nSPS) is 16.8. The maximum Gasteiger partial charge on any atom is 0.469 e. The summed E-state index contributed by atoms with van der Waals surface area (Å²) in [5.74, 6) is -1.14. The molecule has 0 heterocycles. The van der Waals surface area contributed by atoms with E-state index in [0.29, 0.717) is 0 Å². The molecule has 0 amide bonds. The lowest BCUT2D eigenvalue weighted by atomic mass is 10.1. The molecule has 9 nitrogen and oxygen atoms in total. The topological polar surface area (TPSA) is 165 Å². The standard InChI is InChI=1S/C6H13O9P.H3P/c7-1-3(8)5(10)6(11)4(9)2-15-16(12,13)14;/h4-7,9-11H,1-2H2,(H2,12,13,14);1H3/t4-,5-,6-;/m1./s1. The van der Waals surface area contributed by atoms with Gasteiger partial charge >= 0.3 is 7.82 Å². The third-order valence-electron chi connectivity index (χ3n) is 1.62. The molecular formula is C6H16O9P2. The monoisotopic (exact) mass is 294 g/mol. The van der Waals surface area contributed by atoms with Crippen molar-refractivity contribution in [2.24, 2.45) is 0 Å². The van der Waals surface area contributed by atoms with Crippen molar-refractivity contribution < 1.29 is 44.1 Å². The van der Waals surface area contributed by atoms with Gasteiger partial charge < -0.3 is 30.2 Å². The molecule has 0 aromatic heterocycles. The molecule has 104 valence electrons. The number of aliphatic hydroxyl groups is 4. The molecule has 1 unspecified atom stereocenters. The van der Waals surface area contributed by atoms with Crippen LogP contribution in [0.3, 0.4) is 0 Å². The molecule has 0 spiro atoms. The molecule has 0 aliphatic carbocycles. The van der Waals surface area contributed by atoms with Crippen LogP contribution in [0, 0.1) is 0 Å². The smallest absolute Gasteiger partial charge is 0.388 e. The summed E-state index contributed by atoms with van der Waals surface area (Å²) in [6.45, 7) is -2.01. The van der Waals surface area contributed by atoms with E-state index in [1.165, 1.54) is 0 Å². The maximum absolute atomic E-state index is 10.7. The van der Waals surface area contributed by atoms with Crippen LogP contribution in [0.1, 0.15) is 0 Å². The largest absolute Gasteiger partial charge is 0.469 e. The van der Waals surface area contributed by atoms with Gasteiger partial charge in [-0.25, -0.2) is 4.57 Å². The van der Waals surface area contributed by atoms with Crippen LogP contribution in [0.5, 0.6) is 0 Å². The number of hydrogen-bond acceptors (Lipinski definition) is 7. The first kappa shape index (κ1) is 19.4. The van der Waals surface area contributed by atoms with Crippen LogP contribution >= 0.6 is 17.7 Å². The Labute approximate surface area is 99.9 Å². The number of carbonyl (C=O) groups excluding carboxylic acids is 1. The summed E-state index contributed by atoms with van der Waals surface area (Å²) >= 11 is 0. The number of rotatable bonds is 7. The summed E-state index contributed by atoms with van der Waals surface area (Å²) in [4.78, 5) is 27.2. The van der Waals surface area contributed by atoms with Gasteiger partial charge in [-0.3, -0.25) is 9.32 Å². The van der Waals surface area contributed by atoms with Gasteiger partial charge in [0.05, 0.1) is 6.61 Å². The Hall–Kier alpha value is 0.0500. The highest BCUT2D eigenvalue weighted by Gasteiger charge is 2.31. The number of phosphoric acid groups is 1. The summed E-state index contributed by atoms with van der Waals surface area (Å²) < 4.78 is 14.1. The molecule has 0 fully saturated rings. The molecule has 0 aliphatic rings. The van der Waals surface area contributed by atoms with Crippen LogP contribution in [-0.4, -0.2) is 67.5 Å². The van der Waals surface area contributed by atoms with Gasteiger partial charge in [0.2, 0.25) is 0 Å². The number of hydrogen-bond donors (Lipinski definition) is 6. The Morgan fingerprint density at radius 1 is 1.24 bits per heavy atom. The van der Waals surface area contributed by atoms with E-state index >= 15 is 0 Å². The highest BCUT2D eigenvalue weighted by Crippen LogP contribution is 2.35. The number of carbonyl (C=O) groups is 1. The Bertz CT molecular complexity index is 277. The van der Waals surface area contributed by atoms with E-state index in [2.05, 4.69) is 4.52 Å². The van der Waals surface area contributed by atoms with Crippen molar-refractivity contribution in [1.82, 2.24) is 0 Å². The maximum atomic E-state index is 10.7. The Kier molecular flexibility index (Phi) is 9.36. The lowest BCUT2D eigenvalue weighted by molar-refractivity contribution is -0.142.